The van der Waals surface area contributed by atoms with Crippen LogP contribution in [0.25, 0.3) is 11.0 Å². The van der Waals surface area contributed by atoms with E-state index < -0.39 is 6.04 Å². The summed E-state index contributed by atoms with van der Waals surface area (Å²) in [6.07, 6.45) is 6.63. The van der Waals surface area contributed by atoms with Gasteiger partial charge in [-0.3, -0.25) is 14.2 Å². The largest absolute Gasteiger partial charge is 0.619 e. The van der Waals surface area contributed by atoms with Crippen molar-refractivity contribution in [1.82, 2.24) is 19.4 Å². The zero-order valence-corrected chi connectivity index (χ0v) is 18.9. The molecular weight excluding hydrogens is 430 g/mol. The quantitative estimate of drug-likeness (QED) is 0.315. The molecule has 4 aromatic rings. The molecular formula is C26H25N5O3. The van der Waals surface area contributed by atoms with Crippen molar-refractivity contribution in [3.63, 3.8) is 0 Å². The van der Waals surface area contributed by atoms with Crippen LogP contribution in [0.1, 0.15) is 54.0 Å². The van der Waals surface area contributed by atoms with E-state index in [2.05, 4.69) is 4.98 Å². The Hall–Kier alpha value is -4.07. The Morgan fingerprint density at radius 3 is 2.56 bits per heavy atom. The average molecular weight is 456 g/mol. The van der Waals surface area contributed by atoms with Crippen LogP contribution in [-0.2, 0) is 6.54 Å². The van der Waals surface area contributed by atoms with Crippen LogP contribution >= 0.6 is 0 Å². The lowest BCUT2D eigenvalue weighted by Crippen LogP contribution is -2.40. The second kappa shape index (κ2) is 9.05. The topological polar surface area (TPSA) is 95.0 Å². The molecule has 0 saturated heterocycles. The molecule has 1 aliphatic carbocycles. The minimum Gasteiger partial charge on any atom is -0.619 e. The van der Waals surface area contributed by atoms with Crippen LogP contribution in [0, 0.1) is 5.21 Å². The second-order valence-electron chi connectivity index (χ2n) is 8.54. The summed E-state index contributed by atoms with van der Waals surface area (Å²) in [4.78, 5) is 38.2. The number of hydrogen-bond acceptors (Lipinski definition) is 5. The Labute approximate surface area is 196 Å². The Kier molecular flexibility index (Phi) is 5.79. The maximum atomic E-state index is 13.6. The van der Waals surface area contributed by atoms with E-state index >= 15 is 0 Å². The number of benzene rings is 1. The Bertz CT molecular complexity index is 1380. The minimum atomic E-state index is -0.414. The lowest BCUT2D eigenvalue weighted by atomic mass is 10.1. The van der Waals surface area contributed by atoms with Crippen molar-refractivity contribution in [3.05, 3.63) is 106 Å². The molecule has 3 aromatic heterocycles. The summed E-state index contributed by atoms with van der Waals surface area (Å²) in [5, 5.41) is 11.9. The average Bonchev–Trinajstić information content (AvgIpc) is 3.70. The number of aromatic nitrogens is 4. The predicted octanol–water partition coefficient (Wildman–Crippen LogP) is 3.23. The number of amides is 1. The predicted molar refractivity (Wildman–Crippen MR) is 127 cm³/mol. The molecule has 1 fully saturated rings. The fourth-order valence-electron chi connectivity index (χ4n) is 4.37. The molecule has 172 valence electrons. The SMILES string of the molecule is CCC(c1nc2ncccc2c(=O)n1Cc1ccccc1)N(C(=O)c1cc[n+]([O-])cc1)C1CC1. The molecule has 3 heterocycles. The van der Waals surface area contributed by atoms with Crippen LogP contribution in [0.5, 0.6) is 0 Å². The number of hydrogen-bond donors (Lipinski definition) is 0. The first kappa shape index (κ1) is 21.8. The monoisotopic (exact) mass is 455 g/mol. The molecule has 8 heteroatoms. The van der Waals surface area contributed by atoms with Gasteiger partial charge in [0.2, 0.25) is 0 Å². The van der Waals surface area contributed by atoms with Crippen molar-refractivity contribution < 1.29 is 9.52 Å². The van der Waals surface area contributed by atoms with Gasteiger partial charge in [-0.2, -0.15) is 4.73 Å². The molecule has 0 radical (unpaired) electrons. The van der Waals surface area contributed by atoms with Gasteiger partial charge in [0.05, 0.1) is 23.5 Å². The van der Waals surface area contributed by atoms with Crippen molar-refractivity contribution in [2.45, 2.75) is 44.8 Å². The lowest BCUT2D eigenvalue weighted by Gasteiger charge is -2.32. The van der Waals surface area contributed by atoms with Crippen LogP contribution in [0.15, 0.2) is 78.0 Å². The smallest absolute Gasteiger partial charge is 0.263 e. The zero-order chi connectivity index (χ0) is 23.7. The summed E-state index contributed by atoms with van der Waals surface area (Å²) < 4.78 is 2.33. The van der Waals surface area contributed by atoms with E-state index in [1.165, 1.54) is 24.5 Å². The first-order valence-electron chi connectivity index (χ1n) is 11.5. The van der Waals surface area contributed by atoms with E-state index in [-0.39, 0.29) is 17.5 Å². The van der Waals surface area contributed by atoms with Gasteiger partial charge < -0.3 is 10.1 Å². The van der Waals surface area contributed by atoms with Crippen molar-refractivity contribution >= 4 is 16.9 Å². The highest BCUT2D eigenvalue weighted by molar-refractivity contribution is 5.94. The van der Waals surface area contributed by atoms with E-state index in [0.29, 0.717) is 40.1 Å². The fraction of sp³-hybridized carbons (Fsp3) is 0.269. The minimum absolute atomic E-state index is 0.0681. The number of rotatable bonds is 7. The standard InChI is InChI=1S/C26H25N5O3/c1-2-22(31(20-10-11-20)25(32)19-12-15-29(34)16-13-19)24-28-23-21(9-6-14-27-23)26(33)30(24)17-18-7-4-3-5-8-18/h3-9,12-16,20,22H,2,10-11,17H2,1H3. The Morgan fingerprint density at radius 1 is 1.15 bits per heavy atom. The fourth-order valence-corrected chi connectivity index (χ4v) is 4.37. The molecule has 0 N–H and O–H groups in total. The molecule has 34 heavy (non-hydrogen) atoms. The first-order valence-corrected chi connectivity index (χ1v) is 11.5. The van der Waals surface area contributed by atoms with Gasteiger partial charge in [-0.25, -0.2) is 9.97 Å². The summed E-state index contributed by atoms with van der Waals surface area (Å²) in [6, 6.07) is 15.9. The van der Waals surface area contributed by atoms with Gasteiger partial charge >= 0.3 is 0 Å². The third-order valence-electron chi connectivity index (χ3n) is 6.19. The number of pyridine rings is 2. The van der Waals surface area contributed by atoms with Gasteiger partial charge in [-0.1, -0.05) is 37.3 Å². The Morgan fingerprint density at radius 2 is 1.88 bits per heavy atom. The normalized spacial score (nSPS) is 14.1. The maximum Gasteiger partial charge on any atom is 0.263 e. The second-order valence-corrected chi connectivity index (χ2v) is 8.54. The summed E-state index contributed by atoms with van der Waals surface area (Å²) in [7, 11) is 0. The summed E-state index contributed by atoms with van der Waals surface area (Å²) >= 11 is 0. The third-order valence-corrected chi connectivity index (χ3v) is 6.19. The number of fused-ring (bicyclic) bond motifs is 1. The molecule has 0 bridgehead atoms. The molecule has 1 atom stereocenters. The van der Waals surface area contributed by atoms with E-state index in [9.17, 15) is 14.8 Å². The van der Waals surface area contributed by atoms with E-state index in [1.807, 2.05) is 42.2 Å². The molecule has 1 aromatic carbocycles. The van der Waals surface area contributed by atoms with E-state index in [0.717, 1.165) is 18.4 Å². The molecule has 5 rings (SSSR count). The van der Waals surface area contributed by atoms with Crippen LogP contribution < -0.4 is 10.3 Å². The zero-order valence-electron chi connectivity index (χ0n) is 18.9. The number of nitrogens with zero attached hydrogens (tertiary/aromatic N) is 5. The van der Waals surface area contributed by atoms with E-state index in [1.54, 1.807) is 22.9 Å². The van der Waals surface area contributed by atoms with Gasteiger partial charge in [-0.05, 0) is 37.0 Å². The molecule has 1 aliphatic rings. The van der Waals surface area contributed by atoms with Crippen LogP contribution in [-0.4, -0.2) is 31.4 Å². The lowest BCUT2D eigenvalue weighted by molar-refractivity contribution is -0.605. The maximum absolute atomic E-state index is 13.6. The molecule has 0 spiro atoms. The summed E-state index contributed by atoms with van der Waals surface area (Å²) in [5.41, 5.74) is 1.61. The molecule has 1 saturated carbocycles. The van der Waals surface area contributed by atoms with Crippen LogP contribution in [0.3, 0.4) is 0 Å². The van der Waals surface area contributed by atoms with Gasteiger partial charge in [0, 0.05) is 24.4 Å². The van der Waals surface area contributed by atoms with Gasteiger partial charge in [0.15, 0.2) is 18.0 Å². The van der Waals surface area contributed by atoms with Crippen LogP contribution in [0.2, 0.25) is 0 Å². The van der Waals surface area contributed by atoms with Crippen molar-refractivity contribution in [2.75, 3.05) is 0 Å². The number of carbonyl (C=O) groups is 1. The number of carbonyl (C=O) groups excluding carboxylic acids is 1. The van der Waals surface area contributed by atoms with Crippen LogP contribution in [0.4, 0.5) is 0 Å². The van der Waals surface area contributed by atoms with Crippen molar-refractivity contribution in [1.29, 1.82) is 0 Å². The Balaban J connectivity index is 1.65. The van der Waals surface area contributed by atoms with Crippen molar-refractivity contribution in [2.24, 2.45) is 0 Å². The molecule has 0 aliphatic heterocycles. The highest BCUT2D eigenvalue weighted by Gasteiger charge is 2.40. The summed E-state index contributed by atoms with van der Waals surface area (Å²) in [5.74, 6) is 0.356. The van der Waals surface area contributed by atoms with Gasteiger partial charge in [-0.15, -0.1) is 0 Å². The molecule has 1 amide bonds. The first-order chi connectivity index (χ1) is 16.6. The molecule has 8 nitrogen and oxygen atoms in total. The highest BCUT2D eigenvalue weighted by Crippen LogP contribution is 2.37. The van der Waals surface area contributed by atoms with Crippen molar-refractivity contribution in [3.8, 4) is 0 Å². The van der Waals surface area contributed by atoms with Gasteiger partial charge in [0.1, 0.15) is 5.82 Å². The van der Waals surface area contributed by atoms with E-state index in [4.69, 9.17) is 4.98 Å². The van der Waals surface area contributed by atoms with Gasteiger partial charge in [0.25, 0.3) is 11.5 Å². The third kappa shape index (κ3) is 4.14. The molecule has 1 unspecified atom stereocenters. The summed E-state index contributed by atoms with van der Waals surface area (Å²) in [6.45, 7) is 2.34. The highest BCUT2D eigenvalue weighted by atomic mass is 16.5.